The number of halogens is 1. The quantitative estimate of drug-likeness (QED) is 0.845. The van der Waals surface area contributed by atoms with E-state index in [-0.39, 0.29) is 4.90 Å². The number of nitriles is 1. The summed E-state index contributed by atoms with van der Waals surface area (Å²) in [5.41, 5.74) is 0. The first kappa shape index (κ1) is 13.1. The molecular weight excluding hydrogens is 294 g/mol. The molecule has 16 heavy (non-hydrogen) atoms. The highest BCUT2D eigenvalue weighted by Crippen LogP contribution is 2.18. The van der Waals surface area contributed by atoms with E-state index in [0.29, 0.717) is 4.47 Å². The predicted octanol–water partition coefficient (Wildman–Crippen LogP) is 1.38. The minimum absolute atomic E-state index is 0.0616. The van der Waals surface area contributed by atoms with Crippen LogP contribution in [-0.4, -0.2) is 30.8 Å². The molecule has 0 saturated carbocycles. The van der Waals surface area contributed by atoms with E-state index in [1.54, 1.807) is 0 Å². The summed E-state index contributed by atoms with van der Waals surface area (Å²) in [5, 5.41) is 8.69. The van der Waals surface area contributed by atoms with Gasteiger partial charge in [0, 0.05) is 23.9 Å². The minimum Gasteiger partial charge on any atom is -0.262 e. The summed E-state index contributed by atoms with van der Waals surface area (Å²) in [7, 11) is -2.29. The third-order valence-corrected chi connectivity index (χ3v) is 4.42. The highest BCUT2D eigenvalue weighted by molar-refractivity contribution is 9.10. The van der Waals surface area contributed by atoms with Gasteiger partial charge in [-0.05, 0) is 28.9 Å². The molecule has 0 radical (unpaired) electrons. The molecule has 1 rings (SSSR count). The monoisotopic (exact) mass is 303 g/mol. The molecule has 1 unspecified atom stereocenters. The SMILES string of the molecule is CC(C#N)N(C)S(=O)(=O)c1cncc(Br)c1. The second-order valence-electron chi connectivity index (χ2n) is 3.17. The molecule has 7 heteroatoms. The lowest BCUT2D eigenvalue weighted by Gasteiger charge is -2.18. The maximum atomic E-state index is 12.0. The van der Waals surface area contributed by atoms with Crippen molar-refractivity contribution in [2.45, 2.75) is 17.9 Å². The zero-order chi connectivity index (χ0) is 12.3. The van der Waals surface area contributed by atoms with Crippen LogP contribution in [0.4, 0.5) is 0 Å². The van der Waals surface area contributed by atoms with Gasteiger partial charge in [-0.2, -0.15) is 9.57 Å². The zero-order valence-electron chi connectivity index (χ0n) is 8.75. The van der Waals surface area contributed by atoms with Gasteiger partial charge in [-0.25, -0.2) is 8.42 Å². The molecule has 0 saturated heterocycles. The molecule has 0 spiro atoms. The van der Waals surface area contributed by atoms with Gasteiger partial charge in [0.15, 0.2) is 0 Å². The van der Waals surface area contributed by atoms with E-state index in [0.717, 1.165) is 4.31 Å². The summed E-state index contributed by atoms with van der Waals surface area (Å²) in [6, 6.07) is 2.60. The van der Waals surface area contributed by atoms with Gasteiger partial charge in [-0.1, -0.05) is 0 Å². The van der Waals surface area contributed by atoms with Gasteiger partial charge in [0.05, 0.1) is 6.07 Å². The van der Waals surface area contributed by atoms with Gasteiger partial charge in [0.1, 0.15) is 10.9 Å². The Bertz CT molecular complexity index is 524. The van der Waals surface area contributed by atoms with E-state index < -0.39 is 16.1 Å². The van der Waals surface area contributed by atoms with Gasteiger partial charge < -0.3 is 0 Å². The van der Waals surface area contributed by atoms with E-state index in [9.17, 15) is 8.42 Å². The summed E-state index contributed by atoms with van der Waals surface area (Å²) in [4.78, 5) is 3.84. The summed E-state index contributed by atoms with van der Waals surface area (Å²) < 4.78 is 25.6. The Morgan fingerprint density at radius 3 is 2.69 bits per heavy atom. The average molecular weight is 304 g/mol. The van der Waals surface area contributed by atoms with Crippen molar-refractivity contribution < 1.29 is 8.42 Å². The van der Waals surface area contributed by atoms with E-state index in [1.165, 1.54) is 32.4 Å². The first-order valence-electron chi connectivity index (χ1n) is 4.38. The molecule has 0 aliphatic heterocycles. The molecular formula is C9H10BrN3O2S. The van der Waals surface area contributed by atoms with E-state index in [4.69, 9.17) is 5.26 Å². The van der Waals surface area contributed by atoms with Gasteiger partial charge >= 0.3 is 0 Å². The summed E-state index contributed by atoms with van der Waals surface area (Å²) >= 11 is 3.15. The Hall–Kier alpha value is -0.970. The molecule has 0 amide bonds. The summed E-state index contributed by atoms with van der Waals surface area (Å²) in [5.74, 6) is 0. The fourth-order valence-corrected chi connectivity index (χ4v) is 2.77. The second kappa shape index (κ2) is 4.91. The van der Waals surface area contributed by atoms with Crippen LogP contribution in [0.2, 0.25) is 0 Å². The third kappa shape index (κ3) is 2.58. The zero-order valence-corrected chi connectivity index (χ0v) is 11.2. The molecule has 0 aliphatic rings. The molecule has 0 aliphatic carbocycles. The largest absolute Gasteiger partial charge is 0.262 e. The fourth-order valence-electron chi connectivity index (χ4n) is 0.989. The van der Waals surface area contributed by atoms with Crippen molar-refractivity contribution >= 4 is 26.0 Å². The van der Waals surface area contributed by atoms with Crippen LogP contribution < -0.4 is 0 Å². The van der Waals surface area contributed by atoms with Crippen LogP contribution in [0.5, 0.6) is 0 Å². The predicted molar refractivity (Wildman–Crippen MR) is 62.0 cm³/mol. The van der Waals surface area contributed by atoms with E-state index in [1.807, 2.05) is 6.07 Å². The number of hydrogen-bond donors (Lipinski definition) is 0. The van der Waals surface area contributed by atoms with Crippen molar-refractivity contribution in [1.82, 2.24) is 9.29 Å². The first-order valence-corrected chi connectivity index (χ1v) is 6.61. The smallest absolute Gasteiger partial charge is 0.245 e. The Morgan fingerprint density at radius 1 is 1.56 bits per heavy atom. The molecule has 1 heterocycles. The van der Waals surface area contributed by atoms with Gasteiger partial charge in [-0.15, -0.1) is 0 Å². The van der Waals surface area contributed by atoms with Gasteiger partial charge in [0.25, 0.3) is 0 Å². The van der Waals surface area contributed by atoms with Crippen molar-refractivity contribution in [2.24, 2.45) is 0 Å². The van der Waals surface area contributed by atoms with Crippen molar-refractivity contribution in [3.05, 3.63) is 22.9 Å². The van der Waals surface area contributed by atoms with Crippen LogP contribution in [0.15, 0.2) is 27.8 Å². The maximum absolute atomic E-state index is 12.0. The lowest BCUT2D eigenvalue weighted by atomic mass is 10.4. The second-order valence-corrected chi connectivity index (χ2v) is 6.08. The molecule has 0 fully saturated rings. The molecule has 5 nitrogen and oxygen atoms in total. The molecule has 1 atom stereocenters. The summed E-state index contributed by atoms with van der Waals surface area (Å²) in [6.45, 7) is 1.52. The highest BCUT2D eigenvalue weighted by atomic mass is 79.9. The van der Waals surface area contributed by atoms with Crippen LogP contribution in [0, 0.1) is 11.3 Å². The summed E-state index contributed by atoms with van der Waals surface area (Å²) in [6.07, 6.45) is 2.74. The van der Waals surface area contributed by atoms with Crippen molar-refractivity contribution in [3.63, 3.8) is 0 Å². The average Bonchev–Trinajstić information content (AvgIpc) is 2.27. The number of nitrogens with zero attached hydrogens (tertiary/aromatic N) is 3. The number of aromatic nitrogens is 1. The number of pyridine rings is 1. The maximum Gasteiger partial charge on any atom is 0.245 e. The number of hydrogen-bond acceptors (Lipinski definition) is 4. The Kier molecular flexibility index (Phi) is 4.02. The number of rotatable bonds is 3. The van der Waals surface area contributed by atoms with Crippen LogP contribution in [0.1, 0.15) is 6.92 Å². The molecule has 0 bridgehead atoms. The number of sulfonamides is 1. The molecule has 0 N–H and O–H groups in total. The Labute approximate surface area is 103 Å². The first-order chi connectivity index (χ1) is 7.39. The van der Waals surface area contributed by atoms with E-state index >= 15 is 0 Å². The lowest BCUT2D eigenvalue weighted by molar-refractivity contribution is 0.441. The molecule has 0 aromatic carbocycles. The molecule has 1 aromatic heterocycles. The molecule has 1 aromatic rings. The lowest BCUT2D eigenvalue weighted by Crippen LogP contribution is -2.34. The minimum atomic E-state index is -3.65. The van der Waals surface area contributed by atoms with Crippen molar-refractivity contribution in [3.8, 4) is 6.07 Å². The molecule has 86 valence electrons. The van der Waals surface area contributed by atoms with Crippen molar-refractivity contribution in [2.75, 3.05) is 7.05 Å². The van der Waals surface area contributed by atoms with Crippen LogP contribution >= 0.6 is 15.9 Å². The van der Waals surface area contributed by atoms with Crippen molar-refractivity contribution in [1.29, 1.82) is 5.26 Å². The fraction of sp³-hybridized carbons (Fsp3) is 0.333. The Morgan fingerprint density at radius 2 is 2.19 bits per heavy atom. The van der Waals surface area contributed by atoms with Crippen LogP contribution in [0.25, 0.3) is 0 Å². The Balaban J connectivity index is 3.18. The van der Waals surface area contributed by atoms with Crippen LogP contribution in [-0.2, 0) is 10.0 Å². The van der Waals surface area contributed by atoms with Crippen LogP contribution in [0.3, 0.4) is 0 Å². The van der Waals surface area contributed by atoms with Gasteiger partial charge in [0.2, 0.25) is 10.0 Å². The highest BCUT2D eigenvalue weighted by Gasteiger charge is 2.25. The van der Waals surface area contributed by atoms with Gasteiger partial charge in [-0.3, -0.25) is 4.98 Å². The third-order valence-electron chi connectivity index (χ3n) is 2.09. The normalized spacial score (nSPS) is 13.4. The van der Waals surface area contributed by atoms with E-state index in [2.05, 4.69) is 20.9 Å². The topological polar surface area (TPSA) is 74.1 Å². The standard InChI is InChI=1S/C9H10BrN3O2S/c1-7(4-11)13(2)16(14,15)9-3-8(10)5-12-6-9/h3,5-7H,1-2H3.